The number of aromatic nitrogens is 4. The molecule has 120 valence electrons. The van der Waals surface area contributed by atoms with Gasteiger partial charge in [0.2, 0.25) is 0 Å². The highest BCUT2D eigenvalue weighted by Gasteiger charge is 2.33. The van der Waals surface area contributed by atoms with Gasteiger partial charge in [0, 0.05) is 22.1 Å². The summed E-state index contributed by atoms with van der Waals surface area (Å²) in [5.41, 5.74) is -0.230. The minimum atomic E-state index is -4.54. The Labute approximate surface area is 142 Å². The molecule has 0 atom stereocenters. The van der Waals surface area contributed by atoms with Crippen LogP contribution in [0.5, 0.6) is 5.75 Å². The average Bonchev–Trinajstić information content (AvgIpc) is 2.89. The number of alkyl halides is 3. The first-order valence-corrected chi connectivity index (χ1v) is 7.56. The zero-order chi connectivity index (χ0) is 16.6. The Bertz CT molecular complexity index is 863. The molecule has 9 heteroatoms. The van der Waals surface area contributed by atoms with Crippen molar-refractivity contribution in [3.8, 4) is 5.75 Å². The van der Waals surface area contributed by atoms with Crippen LogP contribution in [0, 0.1) is 3.57 Å². The first kappa shape index (κ1) is 16.0. The van der Waals surface area contributed by atoms with E-state index in [1.165, 1.54) is 4.68 Å². The molecule has 2 aromatic heterocycles. The Hall–Kier alpha value is -1.91. The van der Waals surface area contributed by atoms with Gasteiger partial charge < -0.3 is 4.74 Å². The first-order valence-electron chi connectivity index (χ1n) is 6.48. The number of pyridine rings is 1. The first-order chi connectivity index (χ1) is 10.8. The van der Waals surface area contributed by atoms with Gasteiger partial charge in [-0.25, -0.2) is 4.98 Å². The van der Waals surface area contributed by atoms with E-state index < -0.39 is 11.9 Å². The molecule has 3 aromatic rings. The van der Waals surface area contributed by atoms with E-state index in [1.807, 2.05) is 0 Å². The Morgan fingerprint density at radius 1 is 1.26 bits per heavy atom. The Morgan fingerprint density at radius 2 is 2.04 bits per heavy atom. The smallest absolute Gasteiger partial charge is 0.433 e. The van der Waals surface area contributed by atoms with Crippen LogP contribution < -0.4 is 4.74 Å². The second kappa shape index (κ2) is 5.95. The van der Waals surface area contributed by atoms with E-state index in [2.05, 4.69) is 37.9 Å². The van der Waals surface area contributed by atoms with Gasteiger partial charge in [-0.05, 0) is 40.8 Å². The van der Waals surface area contributed by atoms with E-state index in [0.717, 1.165) is 9.64 Å². The number of hydrogen-bond acceptors (Lipinski definition) is 4. The van der Waals surface area contributed by atoms with Gasteiger partial charge in [0.1, 0.15) is 23.7 Å². The predicted molar refractivity (Wildman–Crippen MR) is 84.8 cm³/mol. The SMILES string of the molecule is Cn1cc(COc2cc(C(F)(F)F)nc3ccc(I)cc23)nn1. The van der Waals surface area contributed by atoms with Gasteiger partial charge in [0.05, 0.1) is 11.7 Å². The van der Waals surface area contributed by atoms with Gasteiger partial charge in [0.25, 0.3) is 0 Å². The molecule has 0 spiro atoms. The van der Waals surface area contributed by atoms with Crippen molar-refractivity contribution in [2.45, 2.75) is 12.8 Å². The number of benzene rings is 1. The van der Waals surface area contributed by atoms with Crippen LogP contribution in [0.1, 0.15) is 11.4 Å². The molecule has 0 fully saturated rings. The molecule has 23 heavy (non-hydrogen) atoms. The van der Waals surface area contributed by atoms with Gasteiger partial charge in [-0.2, -0.15) is 13.2 Å². The van der Waals surface area contributed by atoms with Crippen LogP contribution in [0.3, 0.4) is 0 Å². The number of aryl methyl sites for hydroxylation is 1. The molecule has 0 saturated heterocycles. The number of fused-ring (bicyclic) bond motifs is 1. The minimum absolute atomic E-state index is 0.0235. The van der Waals surface area contributed by atoms with Crippen molar-refractivity contribution >= 4 is 33.5 Å². The van der Waals surface area contributed by atoms with E-state index in [9.17, 15) is 13.2 Å². The molecule has 3 rings (SSSR count). The lowest BCUT2D eigenvalue weighted by molar-refractivity contribution is -0.141. The van der Waals surface area contributed by atoms with Crippen LogP contribution in [0.2, 0.25) is 0 Å². The lowest BCUT2D eigenvalue weighted by atomic mass is 10.2. The quantitative estimate of drug-likeness (QED) is 0.592. The van der Waals surface area contributed by atoms with E-state index in [1.54, 1.807) is 31.4 Å². The molecule has 5 nitrogen and oxygen atoms in total. The number of rotatable bonds is 3. The number of ether oxygens (including phenoxy) is 1. The van der Waals surface area contributed by atoms with E-state index in [-0.39, 0.29) is 17.9 Å². The topological polar surface area (TPSA) is 52.8 Å². The maximum atomic E-state index is 13.0. The standard InChI is InChI=1S/C14H10F3IN4O/c1-22-6-9(20-21-22)7-23-12-5-13(14(15,16)17)19-11-3-2-8(18)4-10(11)12/h2-6H,7H2,1H3. The summed E-state index contributed by atoms with van der Waals surface area (Å²) in [5.74, 6) is 0.117. The van der Waals surface area contributed by atoms with Crippen LogP contribution in [-0.2, 0) is 19.8 Å². The molecule has 0 radical (unpaired) electrons. The van der Waals surface area contributed by atoms with E-state index in [4.69, 9.17) is 4.74 Å². The van der Waals surface area contributed by atoms with Gasteiger partial charge in [-0.3, -0.25) is 4.68 Å². The molecule has 0 bridgehead atoms. The molecule has 0 unspecified atom stereocenters. The van der Waals surface area contributed by atoms with Crippen molar-refractivity contribution in [2.24, 2.45) is 7.05 Å². The van der Waals surface area contributed by atoms with Gasteiger partial charge in [0.15, 0.2) is 0 Å². The zero-order valence-electron chi connectivity index (χ0n) is 11.8. The third kappa shape index (κ3) is 3.54. The second-order valence-corrected chi connectivity index (χ2v) is 6.08. The molecule has 0 N–H and O–H groups in total. The van der Waals surface area contributed by atoms with Crippen LogP contribution in [0.15, 0.2) is 30.5 Å². The maximum Gasteiger partial charge on any atom is 0.433 e. The van der Waals surface area contributed by atoms with Crippen molar-refractivity contribution in [1.29, 1.82) is 0 Å². The monoisotopic (exact) mass is 434 g/mol. The molecule has 0 amide bonds. The van der Waals surface area contributed by atoms with Crippen LogP contribution >= 0.6 is 22.6 Å². The van der Waals surface area contributed by atoms with Crippen molar-refractivity contribution in [1.82, 2.24) is 20.0 Å². The fourth-order valence-electron chi connectivity index (χ4n) is 2.04. The van der Waals surface area contributed by atoms with E-state index >= 15 is 0 Å². The molecule has 0 aliphatic rings. The molecule has 0 saturated carbocycles. The zero-order valence-corrected chi connectivity index (χ0v) is 14.0. The normalized spacial score (nSPS) is 11.9. The van der Waals surface area contributed by atoms with Crippen molar-refractivity contribution in [3.63, 3.8) is 0 Å². The van der Waals surface area contributed by atoms with Crippen molar-refractivity contribution in [2.75, 3.05) is 0 Å². The average molecular weight is 434 g/mol. The summed E-state index contributed by atoms with van der Waals surface area (Å²) in [7, 11) is 1.70. The summed E-state index contributed by atoms with van der Waals surface area (Å²) in [6, 6.07) is 5.88. The van der Waals surface area contributed by atoms with Gasteiger partial charge in [-0.1, -0.05) is 5.21 Å². The third-order valence-corrected chi connectivity index (χ3v) is 3.72. The lowest BCUT2D eigenvalue weighted by Crippen LogP contribution is -2.09. The molecule has 1 aromatic carbocycles. The molecule has 2 heterocycles. The fourth-order valence-corrected chi connectivity index (χ4v) is 2.54. The van der Waals surface area contributed by atoms with Crippen LogP contribution in [0.25, 0.3) is 10.9 Å². The van der Waals surface area contributed by atoms with E-state index in [0.29, 0.717) is 11.1 Å². The predicted octanol–water partition coefficient (Wildman–Crippen LogP) is 3.57. The summed E-state index contributed by atoms with van der Waals surface area (Å²) < 4.78 is 46.9. The number of halogens is 4. The van der Waals surface area contributed by atoms with Gasteiger partial charge in [-0.15, -0.1) is 5.10 Å². The Morgan fingerprint density at radius 3 is 2.70 bits per heavy atom. The lowest BCUT2D eigenvalue weighted by Gasteiger charge is -2.12. The minimum Gasteiger partial charge on any atom is -0.486 e. The highest BCUT2D eigenvalue weighted by molar-refractivity contribution is 14.1. The largest absolute Gasteiger partial charge is 0.486 e. The van der Waals surface area contributed by atoms with Crippen molar-refractivity contribution < 1.29 is 17.9 Å². The van der Waals surface area contributed by atoms with Crippen LogP contribution in [-0.4, -0.2) is 20.0 Å². The molecule has 0 aliphatic carbocycles. The fraction of sp³-hybridized carbons (Fsp3) is 0.214. The Balaban J connectivity index is 2.03. The molecular formula is C14H10F3IN4O. The van der Waals surface area contributed by atoms with Crippen molar-refractivity contribution in [3.05, 3.63) is 45.4 Å². The number of hydrogen-bond donors (Lipinski definition) is 0. The summed E-state index contributed by atoms with van der Waals surface area (Å²) in [6.07, 6.45) is -2.90. The Kier molecular flexibility index (Phi) is 4.13. The molecule has 0 aliphatic heterocycles. The van der Waals surface area contributed by atoms with Gasteiger partial charge >= 0.3 is 6.18 Å². The summed E-state index contributed by atoms with van der Waals surface area (Å²) >= 11 is 2.08. The summed E-state index contributed by atoms with van der Waals surface area (Å²) in [5, 5.41) is 8.13. The number of nitrogens with zero attached hydrogens (tertiary/aromatic N) is 4. The summed E-state index contributed by atoms with van der Waals surface area (Å²) in [6.45, 7) is 0.0235. The maximum absolute atomic E-state index is 13.0. The third-order valence-electron chi connectivity index (χ3n) is 3.05. The highest BCUT2D eigenvalue weighted by Crippen LogP contribution is 2.35. The second-order valence-electron chi connectivity index (χ2n) is 4.84. The van der Waals surface area contributed by atoms with Crippen LogP contribution in [0.4, 0.5) is 13.2 Å². The molecular weight excluding hydrogens is 424 g/mol. The highest BCUT2D eigenvalue weighted by atomic mass is 127. The summed E-state index contributed by atoms with van der Waals surface area (Å²) in [4.78, 5) is 3.67.